The predicted octanol–water partition coefficient (Wildman–Crippen LogP) is 9.89. The number of ether oxygens (including phenoxy) is 3. The summed E-state index contributed by atoms with van der Waals surface area (Å²) in [5, 5.41) is 1.07. The molecule has 0 bridgehead atoms. The number of methoxy groups -OCH3 is 1. The molecule has 4 nitrogen and oxygen atoms in total. The first-order valence-corrected chi connectivity index (χ1v) is 14.8. The first kappa shape index (κ1) is 29.5. The van der Waals surface area contributed by atoms with Gasteiger partial charge in [0.05, 0.1) is 31.5 Å². The normalized spacial score (nSPS) is 11.3. The van der Waals surface area contributed by atoms with Crippen molar-refractivity contribution < 1.29 is 14.2 Å². The minimum atomic E-state index is 0.659. The van der Waals surface area contributed by atoms with Gasteiger partial charge in [-0.05, 0) is 61.4 Å². The molecular formula is C34H47NO3. The van der Waals surface area contributed by atoms with Crippen molar-refractivity contribution in [2.24, 2.45) is 0 Å². The molecule has 0 aliphatic rings. The fourth-order valence-electron chi connectivity index (χ4n) is 4.68. The highest BCUT2D eigenvalue weighted by Gasteiger charge is 2.05. The molecule has 0 N–H and O–H groups in total. The van der Waals surface area contributed by atoms with Gasteiger partial charge in [0.2, 0.25) is 0 Å². The van der Waals surface area contributed by atoms with Gasteiger partial charge in [-0.3, -0.25) is 0 Å². The molecule has 0 saturated heterocycles. The Bertz CT molecular complexity index is 1110. The van der Waals surface area contributed by atoms with Crippen molar-refractivity contribution >= 4 is 23.1 Å². The van der Waals surface area contributed by atoms with Crippen molar-refractivity contribution in [3.05, 3.63) is 59.8 Å². The highest BCUT2D eigenvalue weighted by Crippen LogP contribution is 2.29. The van der Waals surface area contributed by atoms with Crippen LogP contribution in [0.15, 0.2) is 48.5 Å². The zero-order valence-corrected chi connectivity index (χ0v) is 23.8. The molecule has 0 unspecified atom stereocenters. The molecule has 38 heavy (non-hydrogen) atoms. The summed E-state index contributed by atoms with van der Waals surface area (Å²) in [7, 11) is 1.70. The molecule has 1 heterocycles. The predicted molar refractivity (Wildman–Crippen MR) is 161 cm³/mol. The van der Waals surface area contributed by atoms with Crippen LogP contribution in [-0.2, 0) is 0 Å². The van der Waals surface area contributed by atoms with Crippen LogP contribution in [0.1, 0.15) is 102 Å². The van der Waals surface area contributed by atoms with Gasteiger partial charge in [0.15, 0.2) is 11.5 Å². The number of unbranched alkanes of at least 4 members (excludes halogenated alkanes) is 11. The number of hydrogen-bond donors (Lipinski definition) is 0. The third-order valence-electron chi connectivity index (χ3n) is 6.88. The zero-order chi connectivity index (χ0) is 26.8. The molecule has 4 heteroatoms. The smallest absolute Gasteiger partial charge is 0.161 e. The van der Waals surface area contributed by atoms with E-state index in [1.165, 1.54) is 70.6 Å². The summed E-state index contributed by atoms with van der Waals surface area (Å²) < 4.78 is 17.2. The Labute approximate surface area is 230 Å². The van der Waals surface area contributed by atoms with E-state index in [1.807, 2.05) is 49.4 Å². The minimum absolute atomic E-state index is 0.659. The second-order valence-corrected chi connectivity index (χ2v) is 10.0. The van der Waals surface area contributed by atoms with E-state index >= 15 is 0 Å². The lowest BCUT2D eigenvalue weighted by molar-refractivity contribution is 0.284. The van der Waals surface area contributed by atoms with E-state index < -0.39 is 0 Å². The lowest BCUT2D eigenvalue weighted by atomic mass is 10.1. The Morgan fingerprint density at radius 3 is 2.05 bits per heavy atom. The average Bonchev–Trinajstić information content (AvgIpc) is 2.94. The summed E-state index contributed by atoms with van der Waals surface area (Å²) in [6.45, 7) is 5.66. The summed E-state index contributed by atoms with van der Waals surface area (Å²) in [4.78, 5) is 4.75. The lowest BCUT2D eigenvalue weighted by Crippen LogP contribution is -1.99. The monoisotopic (exact) mass is 517 g/mol. The summed E-state index contributed by atoms with van der Waals surface area (Å²) in [5.74, 6) is 2.45. The topological polar surface area (TPSA) is 40.6 Å². The molecule has 0 atom stereocenters. The molecule has 0 radical (unpaired) electrons. The highest BCUT2D eigenvalue weighted by molar-refractivity contribution is 5.82. The first-order valence-electron chi connectivity index (χ1n) is 14.8. The van der Waals surface area contributed by atoms with Crippen LogP contribution in [-0.4, -0.2) is 25.3 Å². The van der Waals surface area contributed by atoms with Gasteiger partial charge in [-0.2, -0.15) is 0 Å². The summed E-state index contributed by atoms with van der Waals surface area (Å²) in [5.41, 5.74) is 2.91. The maximum atomic E-state index is 6.04. The van der Waals surface area contributed by atoms with Crippen LogP contribution in [0.4, 0.5) is 0 Å². The van der Waals surface area contributed by atoms with Crippen molar-refractivity contribution in [2.45, 2.75) is 90.9 Å². The number of fused-ring (bicyclic) bond motifs is 1. The number of rotatable bonds is 19. The fraction of sp³-hybridized carbons (Fsp3) is 0.500. The van der Waals surface area contributed by atoms with E-state index in [0.717, 1.165) is 52.4 Å². The lowest BCUT2D eigenvalue weighted by Gasteiger charge is -2.11. The molecule has 0 aliphatic carbocycles. The van der Waals surface area contributed by atoms with Crippen molar-refractivity contribution in [2.75, 3.05) is 20.3 Å². The zero-order valence-electron chi connectivity index (χ0n) is 23.8. The van der Waals surface area contributed by atoms with E-state index in [-0.39, 0.29) is 0 Å². The van der Waals surface area contributed by atoms with Crippen LogP contribution >= 0.6 is 0 Å². The van der Waals surface area contributed by atoms with Crippen LogP contribution in [0, 0.1) is 0 Å². The number of benzene rings is 2. The van der Waals surface area contributed by atoms with E-state index in [4.69, 9.17) is 19.2 Å². The van der Waals surface area contributed by atoms with Gasteiger partial charge in [0, 0.05) is 5.39 Å². The van der Waals surface area contributed by atoms with Crippen molar-refractivity contribution in [1.82, 2.24) is 4.98 Å². The van der Waals surface area contributed by atoms with Gasteiger partial charge in [0.1, 0.15) is 5.75 Å². The number of nitrogens with zero attached hydrogens (tertiary/aromatic N) is 1. The van der Waals surface area contributed by atoms with Crippen LogP contribution < -0.4 is 14.2 Å². The maximum absolute atomic E-state index is 6.04. The SMILES string of the molecule is CCCCCCCCCCCCCCOc1ccc(C=Cc2ccc3cc(OCC)ccc3n2)cc1OC. The Kier molecular flexibility index (Phi) is 13.6. The largest absolute Gasteiger partial charge is 0.494 e. The summed E-state index contributed by atoms with van der Waals surface area (Å²) in [6, 6.07) is 16.2. The van der Waals surface area contributed by atoms with Crippen molar-refractivity contribution in [3.8, 4) is 17.2 Å². The van der Waals surface area contributed by atoms with Crippen LogP contribution in [0.5, 0.6) is 17.2 Å². The Hall–Kier alpha value is -3.01. The summed E-state index contributed by atoms with van der Waals surface area (Å²) in [6.07, 6.45) is 20.2. The van der Waals surface area contributed by atoms with E-state index in [2.05, 4.69) is 25.1 Å². The van der Waals surface area contributed by atoms with Gasteiger partial charge in [-0.1, -0.05) is 95.8 Å². The average molecular weight is 518 g/mol. The molecule has 3 rings (SSSR count). The fourth-order valence-corrected chi connectivity index (χ4v) is 4.68. The number of pyridine rings is 1. The van der Waals surface area contributed by atoms with E-state index in [9.17, 15) is 0 Å². The Morgan fingerprint density at radius 1 is 0.658 bits per heavy atom. The molecule has 0 spiro atoms. The second-order valence-electron chi connectivity index (χ2n) is 10.0. The highest BCUT2D eigenvalue weighted by atomic mass is 16.5. The third kappa shape index (κ3) is 10.4. The molecule has 0 saturated carbocycles. The Balaban J connectivity index is 1.38. The minimum Gasteiger partial charge on any atom is -0.494 e. The molecule has 0 fully saturated rings. The summed E-state index contributed by atoms with van der Waals surface area (Å²) >= 11 is 0. The Morgan fingerprint density at radius 2 is 1.37 bits per heavy atom. The van der Waals surface area contributed by atoms with E-state index in [1.54, 1.807) is 7.11 Å². The number of aromatic nitrogens is 1. The quantitative estimate of drug-likeness (QED) is 0.148. The van der Waals surface area contributed by atoms with Gasteiger partial charge in [-0.25, -0.2) is 4.98 Å². The molecule has 0 amide bonds. The molecule has 3 aromatic rings. The van der Waals surface area contributed by atoms with Crippen LogP contribution in [0.3, 0.4) is 0 Å². The van der Waals surface area contributed by atoms with Gasteiger partial charge < -0.3 is 14.2 Å². The van der Waals surface area contributed by atoms with Crippen LogP contribution in [0.25, 0.3) is 23.1 Å². The van der Waals surface area contributed by atoms with Gasteiger partial charge >= 0.3 is 0 Å². The maximum Gasteiger partial charge on any atom is 0.161 e. The molecule has 2 aromatic carbocycles. The first-order chi connectivity index (χ1) is 18.7. The third-order valence-corrected chi connectivity index (χ3v) is 6.88. The molecule has 206 valence electrons. The molecule has 0 aliphatic heterocycles. The van der Waals surface area contributed by atoms with E-state index in [0.29, 0.717) is 6.61 Å². The molecular weight excluding hydrogens is 470 g/mol. The number of hydrogen-bond acceptors (Lipinski definition) is 4. The standard InChI is InChI=1S/C34H47NO3/c1-4-6-7-8-9-10-11-12-13-14-15-16-25-38-33-24-18-28(26-34(33)36-3)17-20-30-21-19-29-27-31(37-5-2)22-23-32(29)35-30/h17-24,26-27H,4-16,25H2,1-3H3. The van der Waals surface area contributed by atoms with Crippen molar-refractivity contribution in [1.29, 1.82) is 0 Å². The second kappa shape index (κ2) is 17.5. The van der Waals surface area contributed by atoms with Gasteiger partial charge in [0.25, 0.3) is 0 Å². The van der Waals surface area contributed by atoms with Gasteiger partial charge in [-0.15, -0.1) is 0 Å². The van der Waals surface area contributed by atoms with Crippen LogP contribution in [0.2, 0.25) is 0 Å². The van der Waals surface area contributed by atoms with Crippen molar-refractivity contribution in [3.63, 3.8) is 0 Å². The molecule has 1 aromatic heterocycles.